The van der Waals surface area contributed by atoms with Gasteiger partial charge in [0.2, 0.25) is 0 Å². The van der Waals surface area contributed by atoms with Crippen molar-refractivity contribution in [1.29, 1.82) is 0 Å². The van der Waals surface area contributed by atoms with Gasteiger partial charge in [-0.2, -0.15) is 0 Å². The van der Waals surface area contributed by atoms with Gasteiger partial charge in [0, 0.05) is 29.7 Å². The van der Waals surface area contributed by atoms with Gasteiger partial charge in [0.1, 0.15) is 5.84 Å². The molecule has 0 aromatic heterocycles. The smallest absolute Gasteiger partial charge is 0.108 e. The zero-order chi connectivity index (χ0) is 20.3. The lowest BCUT2D eigenvalue weighted by molar-refractivity contribution is 0.277. The third-order valence-corrected chi connectivity index (χ3v) is 6.63. The lowest BCUT2D eigenvalue weighted by atomic mass is 9.67. The van der Waals surface area contributed by atoms with Crippen molar-refractivity contribution >= 4 is 23.1 Å². The topological polar surface area (TPSA) is 53.6 Å². The minimum Gasteiger partial charge on any atom is -0.343 e. The Bertz CT molecular complexity index is 884. The molecule has 0 bridgehead atoms. The van der Waals surface area contributed by atoms with Crippen LogP contribution in [0.3, 0.4) is 0 Å². The number of hydrogen-bond donors (Lipinski definition) is 2. The molecule has 1 fully saturated rings. The number of halogens is 1. The van der Waals surface area contributed by atoms with E-state index in [2.05, 4.69) is 29.6 Å². The Labute approximate surface area is 179 Å². The van der Waals surface area contributed by atoms with Gasteiger partial charge in [-0.05, 0) is 60.6 Å². The number of likely N-dealkylation sites (N-methyl/N-ethyl adjacent to an activating group) is 1. The Morgan fingerprint density at radius 1 is 1.14 bits per heavy atom. The Morgan fingerprint density at radius 2 is 1.93 bits per heavy atom. The second-order valence-corrected chi connectivity index (χ2v) is 9.05. The Hall–Kier alpha value is -1.88. The van der Waals surface area contributed by atoms with Crippen LogP contribution in [-0.2, 0) is 19.4 Å². The molecule has 1 aliphatic carbocycles. The average molecular weight is 411 g/mol. The maximum absolute atomic E-state index is 6.17. The second kappa shape index (κ2) is 8.86. The molecule has 1 saturated carbocycles. The van der Waals surface area contributed by atoms with Gasteiger partial charge in [-0.15, -0.1) is 0 Å². The van der Waals surface area contributed by atoms with Gasteiger partial charge in [-0.1, -0.05) is 55.1 Å². The molecular weight excluding hydrogens is 380 g/mol. The number of nitrogens with zero attached hydrogens (tertiary/aromatic N) is 2. The van der Waals surface area contributed by atoms with Crippen molar-refractivity contribution in [2.24, 2.45) is 16.3 Å². The number of anilines is 1. The van der Waals surface area contributed by atoms with Crippen molar-refractivity contribution in [3.05, 3.63) is 64.2 Å². The van der Waals surface area contributed by atoms with Crippen LogP contribution in [0.2, 0.25) is 5.02 Å². The fourth-order valence-electron chi connectivity index (χ4n) is 4.83. The van der Waals surface area contributed by atoms with Crippen LogP contribution in [0.25, 0.3) is 0 Å². The highest BCUT2D eigenvalue weighted by atomic mass is 35.5. The standard InChI is InChI=1S/C24H31ClN4/c1-29(26)14-11-19-8-6-10-22-21(19)16-24(12-3-2-4-13-24)23(28-22)27-17-18-7-5-9-20(25)15-18/h5-10,15H,2-4,11-14,16-17,26H2,1H3,(H,27,28). The molecule has 2 aromatic rings. The quantitative estimate of drug-likeness (QED) is 0.525. The summed E-state index contributed by atoms with van der Waals surface area (Å²) in [6.45, 7) is 1.52. The van der Waals surface area contributed by atoms with Crippen LogP contribution in [0.5, 0.6) is 0 Å². The summed E-state index contributed by atoms with van der Waals surface area (Å²) in [4.78, 5) is 5.09. The number of hydrogen-bond acceptors (Lipinski definition) is 3. The first kappa shape index (κ1) is 20.4. The van der Waals surface area contributed by atoms with E-state index in [1.807, 2.05) is 25.2 Å². The first-order valence-corrected chi connectivity index (χ1v) is 11.1. The van der Waals surface area contributed by atoms with E-state index in [-0.39, 0.29) is 5.41 Å². The van der Waals surface area contributed by atoms with Gasteiger partial charge in [-0.3, -0.25) is 10.8 Å². The zero-order valence-electron chi connectivity index (χ0n) is 17.3. The van der Waals surface area contributed by atoms with E-state index in [0.717, 1.165) is 35.8 Å². The molecule has 5 heteroatoms. The molecule has 0 atom stereocenters. The fourth-order valence-corrected chi connectivity index (χ4v) is 5.04. The summed E-state index contributed by atoms with van der Waals surface area (Å²) in [6.07, 6.45) is 8.35. The monoisotopic (exact) mass is 410 g/mol. The van der Waals surface area contributed by atoms with Gasteiger partial charge < -0.3 is 5.32 Å². The van der Waals surface area contributed by atoms with Gasteiger partial charge in [0.15, 0.2) is 0 Å². The molecule has 2 aliphatic rings. The van der Waals surface area contributed by atoms with E-state index in [9.17, 15) is 0 Å². The van der Waals surface area contributed by atoms with Crippen LogP contribution < -0.4 is 11.2 Å². The van der Waals surface area contributed by atoms with E-state index in [0.29, 0.717) is 6.54 Å². The Kier molecular flexibility index (Phi) is 6.23. The van der Waals surface area contributed by atoms with Crippen LogP contribution in [0.1, 0.15) is 48.8 Å². The predicted octanol–water partition coefficient (Wildman–Crippen LogP) is 5.21. The van der Waals surface area contributed by atoms with E-state index in [4.69, 9.17) is 22.4 Å². The molecule has 4 rings (SSSR count). The molecule has 0 radical (unpaired) electrons. The first-order chi connectivity index (χ1) is 14.1. The number of nitrogens with one attached hydrogen (secondary N) is 1. The molecule has 0 saturated heterocycles. The molecule has 2 aromatic carbocycles. The van der Waals surface area contributed by atoms with Crippen molar-refractivity contribution in [3.63, 3.8) is 0 Å². The normalized spacial score (nSPS) is 19.4. The minimum atomic E-state index is 0.133. The van der Waals surface area contributed by atoms with Crippen LogP contribution in [0.4, 0.5) is 5.69 Å². The van der Waals surface area contributed by atoms with Crippen molar-refractivity contribution in [1.82, 2.24) is 5.01 Å². The van der Waals surface area contributed by atoms with Crippen LogP contribution >= 0.6 is 11.6 Å². The maximum Gasteiger partial charge on any atom is 0.108 e. The zero-order valence-corrected chi connectivity index (χ0v) is 18.0. The number of benzene rings is 2. The number of fused-ring (bicyclic) bond motifs is 1. The van der Waals surface area contributed by atoms with Gasteiger partial charge >= 0.3 is 0 Å². The molecule has 29 heavy (non-hydrogen) atoms. The summed E-state index contributed by atoms with van der Waals surface area (Å²) in [6, 6.07) is 14.6. The average Bonchev–Trinajstić information content (AvgIpc) is 2.71. The minimum absolute atomic E-state index is 0.133. The Balaban J connectivity index is 1.65. The third kappa shape index (κ3) is 4.66. The van der Waals surface area contributed by atoms with Crippen molar-refractivity contribution in [3.8, 4) is 0 Å². The van der Waals surface area contributed by atoms with Crippen LogP contribution in [0, 0.1) is 5.41 Å². The van der Waals surface area contributed by atoms with Gasteiger partial charge in [-0.25, -0.2) is 5.01 Å². The highest BCUT2D eigenvalue weighted by molar-refractivity contribution is 6.30. The summed E-state index contributed by atoms with van der Waals surface area (Å²) in [5.74, 6) is 7.03. The first-order valence-electron chi connectivity index (χ1n) is 10.7. The van der Waals surface area contributed by atoms with E-state index in [1.165, 1.54) is 48.9 Å². The lowest BCUT2D eigenvalue weighted by Gasteiger charge is -2.43. The van der Waals surface area contributed by atoms with Crippen molar-refractivity contribution in [2.75, 3.05) is 18.9 Å². The van der Waals surface area contributed by atoms with E-state index in [1.54, 1.807) is 5.01 Å². The number of rotatable bonds is 5. The predicted molar refractivity (Wildman–Crippen MR) is 122 cm³/mol. The molecule has 0 amide bonds. The van der Waals surface area contributed by atoms with Crippen molar-refractivity contribution < 1.29 is 0 Å². The number of hydrazine groups is 1. The molecule has 1 spiro atoms. The summed E-state index contributed by atoms with van der Waals surface area (Å²) < 4.78 is 0. The maximum atomic E-state index is 6.17. The van der Waals surface area contributed by atoms with Crippen LogP contribution in [0.15, 0.2) is 47.5 Å². The fraction of sp³-hybridized carbons (Fsp3) is 0.458. The highest BCUT2D eigenvalue weighted by Gasteiger charge is 2.41. The molecule has 0 unspecified atom stereocenters. The number of nitrogens with two attached hydrogens (primary N) is 1. The SMILES string of the molecule is CN(N)CCc1cccc2c1CC1(CCCCC1)C(=NCc1cccc(Cl)c1)N2. The van der Waals surface area contributed by atoms with E-state index < -0.39 is 0 Å². The highest BCUT2D eigenvalue weighted by Crippen LogP contribution is 2.46. The summed E-state index contributed by atoms with van der Waals surface area (Å²) in [5.41, 5.74) is 5.37. The second-order valence-electron chi connectivity index (χ2n) is 8.61. The Morgan fingerprint density at radius 3 is 2.69 bits per heavy atom. The molecule has 1 aliphatic heterocycles. The summed E-state index contributed by atoms with van der Waals surface area (Å²) in [7, 11) is 1.93. The van der Waals surface area contributed by atoms with Crippen molar-refractivity contribution in [2.45, 2.75) is 51.5 Å². The van der Waals surface area contributed by atoms with Gasteiger partial charge in [0.25, 0.3) is 0 Å². The molecule has 154 valence electrons. The number of aliphatic imine (C=N–C) groups is 1. The molecular formula is C24H31ClN4. The molecule has 1 heterocycles. The number of amidine groups is 1. The van der Waals surface area contributed by atoms with E-state index >= 15 is 0 Å². The lowest BCUT2D eigenvalue weighted by Crippen LogP contribution is -2.44. The van der Waals surface area contributed by atoms with Gasteiger partial charge in [0.05, 0.1) is 6.54 Å². The molecule has 3 N–H and O–H groups in total. The molecule has 4 nitrogen and oxygen atoms in total. The summed E-state index contributed by atoms with van der Waals surface area (Å²) >= 11 is 6.17. The third-order valence-electron chi connectivity index (χ3n) is 6.40. The summed E-state index contributed by atoms with van der Waals surface area (Å²) in [5, 5.41) is 6.28. The largest absolute Gasteiger partial charge is 0.343 e. The van der Waals surface area contributed by atoms with Crippen LogP contribution in [-0.4, -0.2) is 24.4 Å².